The maximum Gasteiger partial charge on any atom is 0.573 e. The molecular weight excluding hydrogens is 544 g/mol. The normalized spacial score (nSPS) is 14.6. The first kappa shape index (κ1) is 25.5. The molecule has 0 saturated carbocycles. The molecule has 0 fully saturated rings. The zero-order valence-corrected chi connectivity index (χ0v) is 19.1. The summed E-state index contributed by atoms with van der Waals surface area (Å²) in [6.45, 7) is 1.34. The van der Waals surface area contributed by atoms with Crippen LogP contribution in [0.1, 0.15) is 27.3 Å². The predicted octanol–water partition coefficient (Wildman–Crippen LogP) is 5.29. The van der Waals surface area contributed by atoms with Crippen LogP contribution in [0.25, 0.3) is 5.65 Å². The summed E-state index contributed by atoms with van der Waals surface area (Å²) in [5, 5.41) is 0. The van der Waals surface area contributed by atoms with Crippen LogP contribution in [-0.2, 0) is 24.0 Å². The van der Waals surface area contributed by atoms with Crippen LogP contribution in [0.15, 0.2) is 42.6 Å². The van der Waals surface area contributed by atoms with E-state index >= 15 is 0 Å². The molecule has 2 atom stereocenters. The van der Waals surface area contributed by atoms with Crippen molar-refractivity contribution in [2.75, 3.05) is 6.54 Å². The minimum Gasteiger partial charge on any atom is -0.760 e. The highest BCUT2D eigenvalue weighted by atomic mass is 79.9. The summed E-state index contributed by atoms with van der Waals surface area (Å²) in [6, 6.07) is 6.51. The van der Waals surface area contributed by atoms with Crippen LogP contribution in [-0.4, -0.2) is 35.4 Å². The first-order valence-corrected chi connectivity index (χ1v) is 11.1. The standard InChI is InChI=1S/C19H16BrF6N3O3S/c1-11-17(27-16-8-13(18(21,22)23)6-7-29(11)16)15(20)10-28(33(30)31)9-12-2-4-14(5-3-12)32-19(24,25)26/h2-8,15H,9-10H2,1H3,(H,30,31)/p-1. The van der Waals surface area contributed by atoms with Crippen LogP contribution in [0.3, 0.4) is 0 Å². The monoisotopic (exact) mass is 558 g/mol. The van der Waals surface area contributed by atoms with Gasteiger partial charge in [-0.3, -0.25) is 4.21 Å². The van der Waals surface area contributed by atoms with E-state index in [-0.39, 0.29) is 18.7 Å². The second kappa shape index (κ2) is 9.60. The fraction of sp³-hybridized carbons (Fsp3) is 0.316. The summed E-state index contributed by atoms with van der Waals surface area (Å²) >= 11 is 0.641. The molecule has 0 aliphatic heterocycles. The lowest BCUT2D eigenvalue weighted by Gasteiger charge is -2.26. The second-order valence-electron chi connectivity index (χ2n) is 6.92. The van der Waals surface area contributed by atoms with Gasteiger partial charge in [0.2, 0.25) is 0 Å². The first-order chi connectivity index (χ1) is 15.2. The topological polar surface area (TPSA) is 69.9 Å². The highest BCUT2D eigenvalue weighted by Crippen LogP contribution is 2.32. The van der Waals surface area contributed by atoms with E-state index < -0.39 is 39.9 Å². The van der Waals surface area contributed by atoms with Crippen LogP contribution in [0, 0.1) is 6.92 Å². The summed E-state index contributed by atoms with van der Waals surface area (Å²) in [7, 11) is 0. The SMILES string of the molecule is Cc1c(C(Br)CN(Cc2ccc(OC(F)(F)F)cc2)S(=O)[O-])nc2cc(C(F)(F)F)ccn12. The third kappa shape index (κ3) is 6.46. The fourth-order valence-electron chi connectivity index (χ4n) is 3.10. The molecule has 6 nitrogen and oxygen atoms in total. The maximum atomic E-state index is 13.0. The number of rotatable bonds is 7. The number of aromatic nitrogens is 2. The summed E-state index contributed by atoms with van der Waals surface area (Å²) in [5.41, 5.74) is 0.453. The van der Waals surface area contributed by atoms with Crippen molar-refractivity contribution in [1.82, 2.24) is 13.7 Å². The van der Waals surface area contributed by atoms with Crippen molar-refractivity contribution < 1.29 is 39.8 Å². The fourth-order valence-corrected chi connectivity index (χ4v) is 4.60. The molecule has 3 aromatic rings. The molecule has 0 saturated heterocycles. The minimum atomic E-state index is -4.85. The third-order valence-electron chi connectivity index (χ3n) is 4.62. The predicted molar refractivity (Wildman–Crippen MR) is 109 cm³/mol. The quantitative estimate of drug-likeness (QED) is 0.224. The van der Waals surface area contributed by atoms with Gasteiger partial charge >= 0.3 is 12.5 Å². The lowest BCUT2D eigenvalue weighted by Crippen LogP contribution is -2.29. The Morgan fingerprint density at radius 1 is 1.18 bits per heavy atom. The Balaban J connectivity index is 1.77. The Bertz CT molecular complexity index is 1150. The van der Waals surface area contributed by atoms with Crippen molar-refractivity contribution in [1.29, 1.82) is 0 Å². The lowest BCUT2D eigenvalue weighted by atomic mass is 10.2. The van der Waals surface area contributed by atoms with Gasteiger partial charge in [0.25, 0.3) is 0 Å². The number of benzene rings is 1. The molecule has 2 unspecified atom stereocenters. The van der Waals surface area contributed by atoms with Crippen LogP contribution in [0.5, 0.6) is 5.75 Å². The highest BCUT2D eigenvalue weighted by Gasteiger charge is 2.32. The van der Waals surface area contributed by atoms with E-state index in [1.807, 2.05) is 0 Å². The number of fused-ring (bicyclic) bond motifs is 1. The molecule has 1 aromatic carbocycles. The third-order valence-corrected chi connectivity index (χ3v) is 6.04. The molecule has 3 rings (SSSR count). The van der Waals surface area contributed by atoms with E-state index in [0.29, 0.717) is 17.0 Å². The van der Waals surface area contributed by atoms with Crippen molar-refractivity contribution in [3.05, 3.63) is 65.1 Å². The molecule has 33 heavy (non-hydrogen) atoms. The molecule has 0 bridgehead atoms. The van der Waals surface area contributed by atoms with Gasteiger partial charge < -0.3 is 13.7 Å². The van der Waals surface area contributed by atoms with E-state index in [9.17, 15) is 35.1 Å². The molecule has 0 aliphatic rings. The summed E-state index contributed by atoms with van der Waals surface area (Å²) in [4.78, 5) is 3.55. The van der Waals surface area contributed by atoms with Crippen LogP contribution < -0.4 is 4.74 Å². The maximum absolute atomic E-state index is 13.0. The van der Waals surface area contributed by atoms with E-state index in [2.05, 4.69) is 25.7 Å². The number of ether oxygens (including phenoxy) is 1. The Morgan fingerprint density at radius 3 is 2.36 bits per heavy atom. The van der Waals surface area contributed by atoms with Gasteiger partial charge in [-0.1, -0.05) is 28.1 Å². The molecule has 180 valence electrons. The number of aryl methyl sites for hydroxylation is 1. The number of alkyl halides is 7. The van der Waals surface area contributed by atoms with Gasteiger partial charge in [0.05, 0.1) is 16.1 Å². The minimum absolute atomic E-state index is 0.0526. The zero-order chi connectivity index (χ0) is 24.6. The molecule has 0 spiro atoms. The van der Waals surface area contributed by atoms with Gasteiger partial charge in [-0.05, 0) is 36.8 Å². The average molecular weight is 559 g/mol. The molecule has 0 amide bonds. The number of hydrogen-bond acceptors (Lipinski definition) is 4. The Hall–Kier alpha value is -2.16. The Morgan fingerprint density at radius 2 is 1.82 bits per heavy atom. The van der Waals surface area contributed by atoms with Crippen molar-refractivity contribution in [3.8, 4) is 5.75 Å². The zero-order valence-electron chi connectivity index (χ0n) is 16.7. The van der Waals surface area contributed by atoms with Crippen LogP contribution in [0.2, 0.25) is 0 Å². The molecule has 2 heterocycles. The molecule has 0 N–H and O–H groups in total. The van der Waals surface area contributed by atoms with Gasteiger partial charge in [-0.2, -0.15) is 13.2 Å². The average Bonchev–Trinajstić information content (AvgIpc) is 3.03. The van der Waals surface area contributed by atoms with E-state index in [1.165, 1.54) is 22.7 Å². The van der Waals surface area contributed by atoms with Gasteiger partial charge in [-0.15, -0.1) is 13.2 Å². The smallest absolute Gasteiger partial charge is 0.573 e. The van der Waals surface area contributed by atoms with Gasteiger partial charge in [0.1, 0.15) is 11.4 Å². The summed E-state index contributed by atoms with van der Waals surface area (Å²) in [6.07, 6.45) is -8.15. The molecule has 2 aromatic heterocycles. The second-order valence-corrected chi connectivity index (χ2v) is 8.98. The van der Waals surface area contributed by atoms with E-state index in [4.69, 9.17) is 0 Å². The Labute approximate surface area is 194 Å². The lowest BCUT2D eigenvalue weighted by molar-refractivity contribution is -0.274. The number of hydrogen-bond donors (Lipinski definition) is 0. The molecule has 0 aliphatic carbocycles. The van der Waals surface area contributed by atoms with Crippen molar-refractivity contribution >= 4 is 32.8 Å². The van der Waals surface area contributed by atoms with E-state index in [0.717, 1.165) is 28.6 Å². The number of imidazole rings is 1. The van der Waals surface area contributed by atoms with Gasteiger partial charge in [0, 0.05) is 36.2 Å². The van der Waals surface area contributed by atoms with Gasteiger partial charge in [0.15, 0.2) is 0 Å². The number of nitrogens with zero attached hydrogens (tertiary/aromatic N) is 3. The van der Waals surface area contributed by atoms with Crippen LogP contribution in [0.4, 0.5) is 26.3 Å². The summed E-state index contributed by atoms with van der Waals surface area (Å²) < 4.78 is 105. The molecular formula is C19H15BrF6N3O3S-. The van der Waals surface area contributed by atoms with Crippen molar-refractivity contribution in [3.63, 3.8) is 0 Å². The van der Waals surface area contributed by atoms with Crippen molar-refractivity contribution in [2.45, 2.75) is 30.8 Å². The number of halogens is 7. The number of pyridine rings is 1. The largest absolute Gasteiger partial charge is 0.760 e. The van der Waals surface area contributed by atoms with Crippen LogP contribution >= 0.6 is 15.9 Å². The van der Waals surface area contributed by atoms with Gasteiger partial charge in [-0.25, -0.2) is 9.29 Å². The molecule has 0 radical (unpaired) electrons. The first-order valence-electron chi connectivity index (χ1n) is 9.13. The Kier molecular flexibility index (Phi) is 7.41. The van der Waals surface area contributed by atoms with E-state index in [1.54, 1.807) is 6.92 Å². The summed E-state index contributed by atoms with van der Waals surface area (Å²) in [5.74, 6) is -0.446. The molecule has 14 heteroatoms. The van der Waals surface area contributed by atoms with Crippen molar-refractivity contribution in [2.24, 2.45) is 0 Å². The highest BCUT2D eigenvalue weighted by molar-refractivity contribution is 9.09.